The van der Waals surface area contributed by atoms with Crippen LogP contribution < -0.4 is 5.32 Å². The number of fused-ring (bicyclic) bond motifs is 1. The smallest absolute Gasteiger partial charge is 0.285 e. The molecule has 8 nitrogen and oxygen atoms in total. The minimum Gasteiger partial charge on any atom is -0.346 e. The Hall–Kier alpha value is -3.33. The second-order valence-electron chi connectivity index (χ2n) is 7.92. The Morgan fingerprint density at radius 3 is 2.35 bits per heavy atom. The lowest BCUT2D eigenvalue weighted by Gasteiger charge is -2.22. The molecule has 1 aliphatic rings. The van der Waals surface area contributed by atoms with Crippen molar-refractivity contribution in [2.75, 3.05) is 6.61 Å². The van der Waals surface area contributed by atoms with Crippen molar-refractivity contribution in [3.8, 4) is 0 Å². The summed E-state index contributed by atoms with van der Waals surface area (Å²) in [5.41, 5.74) is 3.70. The number of hydrogen-bond acceptors (Lipinski definition) is 6. The molecule has 2 heterocycles. The van der Waals surface area contributed by atoms with E-state index in [4.69, 9.17) is 28.0 Å². The highest BCUT2D eigenvalue weighted by Crippen LogP contribution is 2.23. The van der Waals surface area contributed by atoms with Crippen LogP contribution in [0.2, 0.25) is 10.3 Å². The van der Waals surface area contributed by atoms with Crippen molar-refractivity contribution >= 4 is 40.9 Å². The fourth-order valence-electron chi connectivity index (χ4n) is 3.72. The number of imide groups is 1. The number of nitrogens with one attached hydrogen (secondary N) is 1. The molecule has 34 heavy (non-hydrogen) atoms. The number of hydroxylamine groups is 2. The van der Waals surface area contributed by atoms with Gasteiger partial charge in [-0.05, 0) is 49.6 Å². The Morgan fingerprint density at radius 1 is 1.03 bits per heavy atom. The monoisotopic (exact) mass is 498 g/mol. The van der Waals surface area contributed by atoms with E-state index in [0.29, 0.717) is 6.42 Å². The van der Waals surface area contributed by atoms with Crippen LogP contribution in [0.25, 0.3) is 0 Å². The summed E-state index contributed by atoms with van der Waals surface area (Å²) in [6.07, 6.45) is 0.380. The molecule has 0 saturated carbocycles. The van der Waals surface area contributed by atoms with Crippen LogP contribution in [-0.4, -0.2) is 45.6 Å². The zero-order valence-electron chi connectivity index (χ0n) is 18.3. The molecule has 1 unspecified atom stereocenters. The van der Waals surface area contributed by atoms with Gasteiger partial charge in [0.05, 0.1) is 29.3 Å². The van der Waals surface area contributed by atoms with Gasteiger partial charge in [0.15, 0.2) is 10.3 Å². The van der Waals surface area contributed by atoms with Gasteiger partial charge in [-0.2, -0.15) is 0 Å². The lowest BCUT2D eigenvalue weighted by molar-refractivity contribution is -0.0968. The Balaban J connectivity index is 1.55. The van der Waals surface area contributed by atoms with Gasteiger partial charge in [-0.1, -0.05) is 59.1 Å². The number of benzene rings is 2. The average molecular weight is 499 g/mol. The van der Waals surface area contributed by atoms with Crippen molar-refractivity contribution < 1.29 is 19.2 Å². The number of aryl methyl sites for hydroxylation is 2. The van der Waals surface area contributed by atoms with Crippen molar-refractivity contribution in [3.63, 3.8) is 0 Å². The molecule has 1 N–H and O–H groups in total. The molecule has 0 spiro atoms. The van der Waals surface area contributed by atoms with Crippen LogP contribution in [0.4, 0.5) is 0 Å². The first-order valence-corrected chi connectivity index (χ1v) is 11.2. The van der Waals surface area contributed by atoms with Crippen molar-refractivity contribution in [2.45, 2.75) is 26.3 Å². The molecular weight excluding hydrogens is 479 g/mol. The van der Waals surface area contributed by atoms with Gasteiger partial charge >= 0.3 is 0 Å². The summed E-state index contributed by atoms with van der Waals surface area (Å²) in [6, 6.07) is 13.1. The maximum absolute atomic E-state index is 12.9. The van der Waals surface area contributed by atoms with Gasteiger partial charge in [0.2, 0.25) is 0 Å². The van der Waals surface area contributed by atoms with Crippen molar-refractivity contribution in [2.24, 2.45) is 0 Å². The van der Waals surface area contributed by atoms with E-state index < -0.39 is 23.8 Å². The van der Waals surface area contributed by atoms with Gasteiger partial charge in [0.25, 0.3) is 17.7 Å². The van der Waals surface area contributed by atoms with E-state index >= 15 is 0 Å². The number of carbonyl (C=O) groups is 3. The molecule has 1 aromatic heterocycles. The van der Waals surface area contributed by atoms with Crippen LogP contribution in [0, 0.1) is 13.8 Å². The third kappa shape index (κ3) is 4.94. The second kappa shape index (κ2) is 9.89. The summed E-state index contributed by atoms with van der Waals surface area (Å²) in [7, 11) is 0. The number of carbonyl (C=O) groups excluding carboxylic acids is 3. The minimum atomic E-state index is -0.610. The maximum atomic E-state index is 12.9. The number of aromatic nitrogens is 2. The standard InChI is InChI=1S/C24H20Cl2N4O4/c1-13-7-8-15(14(2)9-13)10-16(27-22(31)19-11-20(25)28-29-21(19)26)12-34-30-23(32)17-5-3-4-6-18(17)24(30)33/h3-9,11,16H,10,12H2,1-2H3,(H,27,31). The predicted molar refractivity (Wildman–Crippen MR) is 126 cm³/mol. The Morgan fingerprint density at radius 2 is 1.71 bits per heavy atom. The normalized spacial score (nSPS) is 13.7. The average Bonchev–Trinajstić information content (AvgIpc) is 3.05. The van der Waals surface area contributed by atoms with E-state index in [0.717, 1.165) is 21.8 Å². The molecule has 3 amide bonds. The zero-order valence-corrected chi connectivity index (χ0v) is 19.9. The molecule has 174 valence electrons. The molecule has 0 saturated heterocycles. The summed E-state index contributed by atoms with van der Waals surface area (Å²) in [5.74, 6) is -1.64. The number of halogens is 2. The SMILES string of the molecule is Cc1ccc(CC(CON2C(=O)c3ccccc3C2=O)NC(=O)c2cc(Cl)nnc2Cl)c(C)c1. The van der Waals surface area contributed by atoms with Crippen molar-refractivity contribution in [3.05, 3.63) is 92.2 Å². The Labute approximate surface area is 205 Å². The molecule has 0 aliphatic carbocycles. The number of amides is 3. The summed E-state index contributed by atoms with van der Waals surface area (Å²) in [4.78, 5) is 43.8. The summed E-state index contributed by atoms with van der Waals surface area (Å²) in [6.45, 7) is 3.81. The summed E-state index contributed by atoms with van der Waals surface area (Å²) >= 11 is 11.9. The first kappa shape index (κ1) is 23.8. The molecule has 0 radical (unpaired) electrons. The largest absolute Gasteiger partial charge is 0.346 e. The third-order valence-corrected chi connectivity index (χ3v) is 5.89. The number of nitrogens with zero attached hydrogens (tertiary/aromatic N) is 3. The van der Waals surface area contributed by atoms with E-state index in [2.05, 4.69) is 15.5 Å². The van der Waals surface area contributed by atoms with Crippen molar-refractivity contribution in [1.29, 1.82) is 0 Å². The molecule has 1 atom stereocenters. The quantitative estimate of drug-likeness (QED) is 0.494. The van der Waals surface area contributed by atoms with E-state index in [1.54, 1.807) is 24.3 Å². The zero-order chi connectivity index (χ0) is 24.4. The molecule has 1 aliphatic heterocycles. The molecule has 2 aromatic carbocycles. The fourth-order valence-corrected chi connectivity index (χ4v) is 4.04. The Bertz CT molecular complexity index is 1260. The first-order valence-electron chi connectivity index (χ1n) is 10.4. The summed E-state index contributed by atoms with van der Waals surface area (Å²) < 4.78 is 0. The molecule has 10 heteroatoms. The van der Waals surface area contributed by atoms with Gasteiger partial charge in [-0.15, -0.1) is 15.3 Å². The number of rotatable bonds is 7. The van der Waals surface area contributed by atoms with Crippen molar-refractivity contribution in [1.82, 2.24) is 20.6 Å². The van der Waals surface area contributed by atoms with E-state index in [9.17, 15) is 14.4 Å². The second-order valence-corrected chi connectivity index (χ2v) is 8.67. The molecule has 3 aromatic rings. The highest BCUT2D eigenvalue weighted by molar-refractivity contribution is 6.34. The molecular formula is C24H20Cl2N4O4. The minimum absolute atomic E-state index is 0.0164. The predicted octanol–water partition coefficient (Wildman–Crippen LogP) is 3.97. The highest BCUT2D eigenvalue weighted by atomic mass is 35.5. The third-order valence-electron chi connectivity index (χ3n) is 5.42. The molecule has 0 fully saturated rings. The van der Waals surface area contributed by atoms with Gasteiger partial charge < -0.3 is 5.32 Å². The lowest BCUT2D eigenvalue weighted by atomic mass is 9.99. The van der Waals surface area contributed by atoms with E-state index in [-0.39, 0.29) is 33.6 Å². The van der Waals surface area contributed by atoms with Gasteiger partial charge in [0, 0.05) is 0 Å². The van der Waals surface area contributed by atoms with Crippen LogP contribution in [0.15, 0.2) is 48.5 Å². The van der Waals surface area contributed by atoms with Crippen LogP contribution in [0.5, 0.6) is 0 Å². The van der Waals surface area contributed by atoms with Crippen LogP contribution in [-0.2, 0) is 11.3 Å². The highest BCUT2D eigenvalue weighted by Gasteiger charge is 2.37. The van der Waals surface area contributed by atoms with Gasteiger partial charge in [-0.3, -0.25) is 19.2 Å². The Kier molecular flexibility index (Phi) is 6.92. The molecule has 0 bridgehead atoms. The van der Waals surface area contributed by atoms with Gasteiger partial charge in [-0.25, -0.2) is 0 Å². The van der Waals surface area contributed by atoms with Crippen LogP contribution in [0.3, 0.4) is 0 Å². The topological polar surface area (TPSA) is 101 Å². The molecule has 4 rings (SSSR count). The van der Waals surface area contributed by atoms with E-state index in [1.807, 2.05) is 32.0 Å². The maximum Gasteiger partial charge on any atom is 0.285 e. The van der Waals surface area contributed by atoms with Crippen LogP contribution in [0.1, 0.15) is 47.8 Å². The van der Waals surface area contributed by atoms with Crippen LogP contribution >= 0.6 is 23.2 Å². The van der Waals surface area contributed by atoms with Gasteiger partial charge in [0.1, 0.15) is 0 Å². The van der Waals surface area contributed by atoms with E-state index in [1.165, 1.54) is 6.07 Å². The fraction of sp³-hybridized carbons (Fsp3) is 0.208. The summed E-state index contributed by atoms with van der Waals surface area (Å²) in [5, 5.41) is 10.8. The first-order chi connectivity index (χ1) is 16.2. The number of hydrogen-bond donors (Lipinski definition) is 1. The lowest BCUT2D eigenvalue weighted by Crippen LogP contribution is -2.43.